The number of phenolic OH excluding ortho intramolecular Hbond substituents is 1. The van der Waals surface area contributed by atoms with Crippen LogP contribution in [0.2, 0.25) is 0 Å². The van der Waals surface area contributed by atoms with Crippen LogP contribution in [0.3, 0.4) is 0 Å². The number of nitrogens with two attached hydrogens (primary N) is 1. The lowest BCUT2D eigenvalue weighted by Crippen LogP contribution is -2.05. The van der Waals surface area contributed by atoms with Crippen molar-refractivity contribution in [3.05, 3.63) is 26.3 Å². The number of hydrogen-bond donors (Lipinski definition) is 2. The highest BCUT2D eigenvalue weighted by molar-refractivity contribution is 14.1. The van der Waals surface area contributed by atoms with E-state index in [1.165, 1.54) is 5.56 Å². The Morgan fingerprint density at radius 1 is 1.42 bits per heavy atom. The maximum absolute atomic E-state index is 9.62. The zero-order chi connectivity index (χ0) is 8.72. The predicted molar refractivity (Wildman–Crippen MR) is 57.6 cm³/mol. The molecule has 1 aromatic rings. The van der Waals surface area contributed by atoms with Gasteiger partial charge in [-0.05, 0) is 39.8 Å². The van der Waals surface area contributed by atoms with Crippen molar-refractivity contribution in [2.24, 2.45) is 5.73 Å². The molecule has 1 aliphatic carbocycles. The molecule has 0 bridgehead atoms. The summed E-state index contributed by atoms with van der Waals surface area (Å²) in [6.45, 7) is 0.398. The van der Waals surface area contributed by atoms with E-state index in [0.29, 0.717) is 12.3 Å². The second-order valence-corrected chi connectivity index (χ2v) is 3.89. The van der Waals surface area contributed by atoms with E-state index in [-0.39, 0.29) is 0 Å². The summed E-state index contributed by atoms with van der Waals surface area (Å²) >= 11 is 2.11. The smallest absolute Gasteiger partial charge is 0.134 e. The largest absolute Gasteiger partial charge is 0.506 e. The maximum atomic E-state index is 9.62. The zero-order valence-electron chi connectivity index (χ0n) is 6.34. The van der Waals surface area contributed by atoms with Crippen LogP contribution in [-0.4, -0.2) is 5.11 Å². The average molecular weight is 273 g/mol. The van der Waals surface area contributed by atoms with Gasteiger partial charge in [0.15, 0.2) is 0 Å². The van der Waals surface area contributed by atoms with Crippen molar-refractivity contribution in [1.82, 2.24) is 0 Å². The van der Waals surface area contributed by atoms with Gasteiger partial charge in [-0.25, -0.2) is 0 Å². The van der Waals surface area contributed by atoms with Gasteiger partial charge in [0.05, 0.1) is 3.57 Å². The minimum Gasteiger partial charge on any atom is -0.506 e. The fourth-order valence-corrected chi connectivity index (χ4v) is 2.01. The Morgan fingerprint density at radius 3 is 2.67 bits per heavy atom. The number of aromatic hydroxyl groups is 1. The van der Waals surface area contributed by atoms with Crippen molar-refractivity contribution in [2.75, 3.05) is 0 Å². The highest BCUT2D eigenvalue weighted by Crippen LogP contribution is 2.36. The Hall–Kier alpha value is -0.550. The number of rotatable bonds is 1. The van der Waals surface area contributed by atoms with Gasteiger partial charge < -0.3 is 10.8 Å². The summed E-state index contributed by atoms with van der Waals surface area (Å²) in [7, 11) is 0. The van der Waals surface area contributed by atoms with Crippen LogP contribution >= 0.6 is 22.6 Å². The molecule has 2 rings (SSSR count). The summed E-state index contributed by atoms with van der Waals surface area (Å²) in [5, 5.41) is 9.62. The van der Waals surface area contributed by atoms with Crippen molar-refractivity contribution in [1.29, 1.82) is 0 Å². The summed E-state index contributed by atoms with van der Waals surface area (Å²) in [5.41, 5.74) is 8.66. The van der Waals surface area contributed by atoms with E-state index in [1.54, 1.807) is 0 Å². The van der Waals surface area contributed by atoms with E-state index in [1.807, 2.05) is 18.2 Å². The van der Waals surface area contributed by atoms with Crippen molar-refractivity contribution in [3.8, 4) is 5.75 Å². The standard InChI is InChI=1S/C9H8INO/c10-8-3-5-1-2-6(5)7(4-11)9(8)12/h1-3,12H,4,11H2. The van der Waals surface area contributed by atoms with Crippen molar-refractivity contribution < 1.29 is 5.11 Å². The van der Waals surface area contributed by atoms with E-state index >= 15 is 0 Å². The lowest BCUT2D eigenvalue weighted by molar-refractivity contribution is 0.464. The van der Waals surface area contributed by atoms with Gasteiger partial charge in [0, 0.05) is 12.1 Å². The lowest BCUT2D eigenvalue weighted by Gasteiger charge is -2.17. The molecule has 62 valence electrons. The molecule has 1 aromatic carbocycles. The van der Waals surface area contributed by atoms with Gasteiger partial charge in [0.25, 0.3) is 0 Å². The van der Waals surface area contributed by atoms with Gasteiger partial charge >= 0.3 is 0 Å². The molecule has 1 aliphatic rings. The summed E-state index contributed by atoms with van der Waals surface area (Å²) in [6, 6.07) is 1.96. The van der Waals surface area contributed by atoms with Crippen molar-refractivity contribution >= 4 is 34.7 Å². The molecule has 0 heterocycles. The van der Waals surface area contributed by atoms with Crippen molar-refractivity contribution in [2.45, 2.75) is 6.54 Å². The number of phenols is 1. The highest BCUT2D eigenvalue weighted by atomic mass is 127. The fourth-order valence-electron chi connectivity index (χ4n) is 1.35. The van der Waals surface area contributed by atoms with Crippen LogP contribution in [0.5, 0.6) is 5.75 Å². The molecule has 0 amide bonds. The first-order valence-electron chi connectivity index (χ1n) is 3.66. The normalized spacial score (nSPS) is 12.5. The SMILES string of the molecule is NCc1c(O)c(I)cc2c1C=C2. The topological polar surface area (TPSA) is 46.2 Å². The Balaban J connectivity index is 2.68. The highest BCUT2D eigenvalue weighted by Gasteiger charge is 2.16. The summed E-state index contributed by atoms with van der Waals surface area (Å²) in [5.74, 6) is 0.334. The van der Waals surface area contributed by atoms with Crippen molar-refractivity contribution in [3.63, 3.8) is 0 Å². The number of benzene rings is 1. The minimum absolute atomic E-state index is 0.334. The Labute approximate surface area is 84.2 Å². The first-order valence-corrected chi connectivity index (χ1v) is 4.74. The number of hydrogen-bond acceptors (Lipinski definition) is 2. The molecule has 0 aliphatic heterocycles. The predicted octanol–water partition coefficient (Wildman–Crippen LogP) is 1.94. The molecule has 0 saturated carbocycles. The monoisotopic (exact) mass is 273 g/mol. The third kappa shape index (κ3) is 0.964. The number of halogens is 1. The van der Waals surface area contributed by atoms with E-state index in [4.69, 9.17) is 5.73 Å². The lowest BCUT2D eigenvalue weighted by atomic mass is 9.92. The molecule has 0 fully saturated rings. The van der Waals surface area contributed by atoms with Crippen LogP contribution in [0.15, 0.2) is 6.07 Å². The molecule has 3 N–H and O–H groups in total. The molecule has 3 heteroatoms. The van der Waals surface area contributed by atoms with Crippen LogP contribution in [0.25, 0.3) is 12.2 Å². The van der Waals surface area contributed by atoms with Crippen LogP contribution in [0.4, 0.5) is 0 Å². The van der Waals surface area contributed by atoms with Crippen LogP contribution < -0.4 is 5.73 Å². The minimum atomic E-state index is 0.334. The molecule has 0 unspecified atom stereocenters. The third-order valence-electron chi connectivity index (χ3n) is 2.06. The second-order valence-electron chi connectivity index (χ2n) is 2.73. The molecule has 0 atom stereocenters. The Morgan fingerprint density at radius 2 is 2.17 bits per heavy atom. The average Bonchev–Trinajstić information content (AvgIpc) is 2.04. The van der Waals surface area contributed by atoms with E-state index in [9.17, 15) is 5.11 Å². The van der Waals surface area contributed by atoms with E-state index in [0.717, 1.165) is 14.7 Å². The second kappa shape index (κ2) is 2.74. The van der Waals surface area contributed by atoms with Gasteiger partial charge in [0.1, 0.15) is 5.75 Å². The molecule has 0 radical (unpaired) electrons. The van der Waals surface area contributed by atoms with Crippen LogP contribution in [0.1, 0.15) is 16.7 Å². The molecule has 2 nitrogen and oxygen atoms in total. The Bertz CT molecular complexity index is 371. The molecule has 0 saturated heterocycles. The first-order chi connectivity index (χ1) is 5.74. The van der Waals surface area contributed by atoms with Gasteiger partial charge in [-0.15, -0.1) is 0 Å². The van der Waals surface area contributed by atoms with Crippen LogP contribution in [0, 0.1) is 3.57 Å². The fraction of sp³-hybridized carbons (Fsp3) is 0.111. The molecule has 0 aromatic heterocycles. The summed E-state index contributed by atoms with van der Waals surface area (Å²) in [4.78, 5) is 0. The third-order valence-corrected chi connectivity index (χ3v) is 2.89. The van der Waals surface area contributed by atoms with Gasteiger partial charge in [0.2, 0.25) is 0 Å². The first kappa shape index (κ1) is 8.07. The molecular weight excluding hydrogens is 265 g/mol. The summed E-state index contributed by atoms with van der Waals surface area (Å²) in [6.07, 6.45) is 4.00. The van der Waals surface area contributed by atoms with E-state index < -0.39 is 0 Å². The zero-order valence-corrected chi connectivity index (χ0v) is 8.50. The molecule has 12 heavy (non-hydrogen) atoms. The molecular formula is C9H8INO. The van der Waals surface area contributed by atoms with E-state index in [2.05, 4.69) is 22.6 Å². The Kier molecular flexibility index (Phi) is 1.84. The van der Waals surface area contributed by atoms with Gasteiger partial charge in [-0.1, -0.05) is 12.2 Å². The maximum Gasteiger partial charge on any atom is 0.134 e. The number of fused-ring (bicyclic) bond motifs is 1. The van der Waals surface area contributed by atoms with Gasteiger partial charge in [-0.2, -0.15) is 0 Å². The van der Waals surface area contributed by atoms with Crippen LogP contribution in [-0.2, 0) is 6.54 Å². The summed E-state index contributed by atoms with van der Waals surface area (Å²) < 4.78 is 0.871. The molecule has 0 spiro atoms. The quantitative estimate of drug-likeness (QED) is 0.780. The van der Waals surface area contributed by atoms with Gasteiger partial charge in [-0.3, -0.25) is 0 Å².